The molecule has 0 spiro atoms. The first-order valence-electron chi connectivity index (χ1n) is 8.04. The number of benzene rings is 1. The molecule has 0 radical (unpaired) electrons. The summed E-state index contributed by atoms with van der Waals surface area (Å²) < 4.78 is 41.6. The first kappa shape index (κ1) is 20.7. The Morgan fingerprint density at radius 2 is 1.81 bits per heavy atom. The van der Waals surface area contributed by atoms with Crippen LogP contribution in [0.15, 0.2) is 33.6 Å². The van der Waals surface area contributed by atoms with Gasteiger partial charge in [-0.25, -0.2) is 13.2 Å². The van der Waals surface area contributed by atoms with E-state index in [1.165, 1.54) is 25.3 Å². The molecule has 27 heavy (non-hydrogen) atoms. The molecular weight excluding hydrogens is 374 g/mol. The highest BCUT2D eigenvalue weighted by molar-refractivity contribution is 7.89. The second kappa shape index (κ2) is 8.36. The molecule has 0 bridgehead atoms. The van der Waals surface area contributed by atoms with Gasteiger partial charge >= 0.3 is 11.9 Å². The Morgan fingerprint density at radius 1 is 1.11 bits per heavy atom. The van der Waals surface area contributed by atoms with Crippen LogP contribution in [-0.4, -0.2) is 34.0 Å². The number of carbonyl (C=O) groups excluding carboxylic acids is 2. The van der Waals surface area contributed by atoms with Crippen LogP contribution in [0.5, 0.6) is 0 Å². The monoisotopic (exact) mass is 395 g/mol. The van der Waals surface area contributed by atoms with Crippen LogP contribution in [0.25, 0.3) is 0 Å². The van der Waals surface area contributed by atoms with Crippen molar-refractivity contribution in [1.29, 1.82) is 0 Å². The zero-order chi connectivity index (χ0) is 20.2. The highest BCUT2D eigenvalue weighted by Crippen LogP contribution is 2.17. The van der Waals surface area contributed by atoms with Crippen LogP contribution in [-0.2, 0) is 30.9 Å². The summed E-state index contributed by atoms with van der Waals surface area (Å²) in [6.07, 6.45) is 0. The topological polar surface area (TPSA) is 112 Å². The van der Waals surface area contributed by atoms with Gasteiger partial charge in [-0.15, -0.1) is 0 Å². The molecule has 0 amide bonds. The second-order valence-corrected chi connectivity index (χ2v) is 7.67. The van der Waals surface area contributed by atoms with E-state index in [-0.39, 0.29) is 22.8 Å². The normalized spacial score (nSPS) is 11.3. The standard InChI is InChI=1S/C18H21NO7S/c1-11-5-6-15(7-12(11)2)27(22,23)19-9-17(20)25-10-14-8-16(13(3)26-14)18(21)24-4/h5-8,19H,9-10H2,1-4H3. The molecule has 146 valence electrons. The van der Waals surface area contributed by atoms with E-state index in [0.29, 0.717) is 5.76 Å². The average molecular weight is 395 g/mol. The Bertz CT molecular complexity index is 960. The van der Waals surface area contributed by atoms with E-state index in [4.69, 9.17) is 9.15 Å². The van der Waals surface area contributed by atoms with Crippen LogP contribution in [0.1, 0.15) is 33.0 Å². The van der Waals surface area contributed by atoms with Crippen LogP contribution in [0.2, 0.25) is 0 Å². The molecule has 1 N–H and O–H groups in total. The smallest absolute Gasteiger partial charge is 0.341 e. The Balaban J connectivity index is 1.92. The van der Waals surface area contributed by atoms with Gasteiger partial charge in [0.1, 0.15) is 30.2 Å². The number of aryl methyl sites for hydroxylation is 3. The van der Waals surface area contributed by atoms with Gasteiger partial charge < -0.3 is 13.9 Å². The summed E-state index contributed by atoms with van der Waals surface area (Å²) in [4.78, 5) is 23.4. The highest BCUT2D eigenvalue weighted by Gasteiger charge is 2.18. The van der Waals surface area contributed by atoms with E-state index < -0.39 is 28.5 Å². The van der Waals surface area contributed by atoms with Crippen molar-refractivity contribution < 1.29 is 31.9 Å². The SMILES string of the molecule is COC(=O)c1cc(COC(=O)CNS(=O)(=O)c2ccc(C)c(C)c2)oc1C. The fourth-order valence-corrected chi connectivity index (χ4v) is 3.30. The Labute approximate surface area is 157 Å². The number of carbonyl (C=O) groups is 2. The van der Waals surface area contributed by atoms with Crippen molar-refractivity contribution in [3.05, 3.63) is 52.5 Å². The lowest BCUT2D eigenvalue weighted by molar-refractivity contribution is -0.144. The van der Waals surface area contributed by atoms with Gasteiger partial charge in [0.25, 0.3) is 0 Å². The molecule has 9 heteroatoms. The van der Waals surface area contributed by atoms with Gasteiger partial charge in [0.15, 0.2) is 0 Å². The van der Waals surface area contributed by atoms with Crippen molar-refractivity contribution >= 4 is 22.0 Å². The maximum Gasteiger partial charge on any atom is 0.341 e. The van der Waals surface area contributed by atoms with Gasteiger partial charge in [-0.3, -0.25) is 4.79 Å². The van der Waals surface area contributed by atoms with Crippen molar-refractivity contribution in [2.24, 2.45) is 0 Å². The molecule has 2 aromatic rings. The molecule has 1 aromatic carbocycles. The fraction of sp³-hybridized carbons (Fsp3) is 0.333. The maximum atomic E-state index is 12.2. The number of hydrogen-bond donors (Lipinski definition) is 1. The average Bonchev–Trinajstić information content (AvgIpc) is 3.00. The lowest BCUT2D eigenvalue weighted by Gasteiger charge is -2.08. The van der Waals surface area contributed by atoms with Crippen LogP contribution in [0, 0.1) is 20.8 Å². The summed E-state index contributed by atoms with van der Waals surface area (Å²) in [5, 5.41) is 0. The Hall–Kier alpha value is -2.65. The summed E-state index contributed by atoms with van der Waals surface area (Å²) in [7, 11) is -2.58. The molecule has 0 aliphatic rings. The van der Waals surface area contributed by atoms with Crippen molar-refractivity contribution in [1.82, 2.24) is 4.72 Å². The number of furan rings is 1. The number of methoxy groups -OCH3 is 1. The van der Waals surface area contributed by atoms with Crippen LogP contribution in [0.3, 0.4) is 0 Å². The number of nitrogens with one attached hydrogen (secondary N) is 1. The zero-order valence-electron chi connectivity index (χ0n) is 15.5. The number of ether oxygens (including phenoxy) is 2. The second-order valence-electron chi connectivity index (χ2n) is 5.91. The molecule has 0 saturated heterocycles. The summed E-state index contributed by atoms with van der Waals surface area (Å²) in [5.41, 5.74) is 2.03. The number of sulfonamides is 1. The molecule has 0 aliphatic carbocycles. The highest BCUT2D eigenvalue weighted by atomic mass is 32.2. The first-order chi connectivity index (χ1) is 12.6. The summed E-state index contributed by atoms with van der Waals surface area (Å²) >= 11 is 0. The van der Waals surface area contributed by atoms with Crippen LogP contribution < -0.4 is 4.72 Å². The van der Waals surface area contributed by atoms with E-state index in [2.05, 4.69) is 9.46 Å². The predicted octanol–water partition coefficient (Wildman–Crippen LogP) is 2.01. The van der Waals surface area contributed by atoms with Gasteiger partial charge in [-0.1, -0.05) is 6.07 Å². The molecule has 0 fully saturated rings. The molecule has 0 aliphatic heterocycles. The first-order valence-corrected chi connectivity index (χ1v) is 9.52. The summed E-state index contributed by atoms with van der Waals surface area (Å²) in [6.45, 7) is 4.49. The third kappa shape index (κ3) is 5.18. The van der Waals surface area contributed by atoms with Crippen LogP contribution in [0.4, 0.5) is 0 Å². The zero-order valence-corrected chi connectivity index (χ0v) is 16.3. The molecule has 8 nitrogen and oxygen atoms in total. The van der Waals surface area contributed by atoms with E-state index >= 15 is 0 Å². The minimum atomic E-state index is -3.83. The third-order valence-corrected chi connectivity index (χ3v) is 5.34. The Kier molecular flexibility index (Phi) is 6.40. The molecule has 0 unspecified atom stereocenters. The van der Waals surface area contributed by atoms with Gasteiger partial charge in [0.2, 0.25) is 10.0 Å². The molecule has 1 aromatic heterocycles. The Morgan fingerprint density at radius 3 is 2.44 bits per heavy atom. The van der Waals surface area contributed by atoms with Crippen molar-refractivity contribution in [3.8, 4) is 0 Å². The molecule has 2 rings (SSSR count). The lowest BCUT2D eigenvalue weighted by atomic mass is 10.1. The summed E-state index contributed by atoms with van der Waals surface area (Å²) in [6, 6.07) is 6.10. The number of rotatable bonds is 7. The van der Waals surface area contributed by atoms with Gasteiger partial charge in [0.05, 0.1) is 12.0 Å². The van der Waals surface area contributed by atoms with E-state index in [1.807, 2.05) is 6.92 Å². The van der Waals surface area contributed by atoms with Gasteiger partial charge in [-0.2, -0.15) is 4.72 Å². The molecule has 1 heterocycles. The minimum Gasteiger partial charge on any atom is -0.465 e. The predicted molar refractivity (Wildman–Crippen MR) is 95.7 cm³/mol. The van der Waals surface area contributed by atoms with Crippen LogP contribution >= 0.6 is 0 Å². The van der Waals surface area contributed by atoms with Crippen molar-refractivity contribution in [2.75, 3.05) is 13.7 Å². The van der Waals surface area contributed by atoms with Crippen molar-refractivity contribution in [2.45, 2.75) is 32.3 Å². The quantitative estimate of drug-likeness (QED) is 0.714. The van der Waals surface area contributed by atoms with E-state index in [9.17, 15) is 18.0 Å². The van der Waals surface area contributed by atoms with E-state index in [1.54, 1.807) is 19.9 Å². The lowest BCUT2D eigenvalue weighted by Crippen LogP contribution is -2.30. The molecule has 0 atom stereocenters. The number of esters is 2. The fourth-order valence-electron chi connectivity index (χ4n) is 2.25. The summed E-state index contributed by atoms with van der Waals surface area (Å²) in [5.74, 6) is -0.757. The molecular formula is C18H21NO7S. The largest absolute Gasteiger partial charge is 0.465 e. The van der Waals surface area contributed by atoms with Gasteiger partial charge in [0, 0.05) is 0 Å². The van der Waals surface area contributed by atoms with Crippen molar-refractivity contribution in [3.63, 3.8) is 0 Å². The molecule has 0 saturated carbocycles. The van der Waals surface area contributed by atoms with Gasteiger partial charge in [-0.05, 0) is 50.1 Å². The third-order valence-electron chi connectivity index (χ3n) is 3.94. The number of hydrogen-bond acceptors (Lipinski definition) is 7. The maximum absolute atomic E-state index is 12.2. The van der Waals surface area contributed by atoms with E-state index in [0.717, 1.165) is 11.1 Å². The minimum absolute atomic E-state index is 0.0720.